The molecule has 8 heteroatoms. The Balaban J connectivity index is 2.11. The van der Waals surface area contributed by atoms with Crippen LogP contribution in [-0.4, -0.2) is 37.7 Å². The van der Waals surface area contributed by atoms with Crippen molar-refractivity contribution < 1.29 is 9.90 Å². The van der Waals surface area contributed by atoms with Gasteiger partial charge in [-0.15, -0.1) is 0 Å². The summed E-state index contributed by atoms with van der Waals surface area (Å²) in [5.74, 6) is -0.0134. The molecule has 4 rings (SSSR count). The Morgan fingerprint density at radius 1 is 1.29 bits per heavy atom. The minimum Gasteiger partial charge on any atom is -0.478 e. The van der Waals surface area contributed by atoms with E-state index in [0.29, 0.717) is 12.4 Å². The molecule has 1 unspecified atom stereocenters. The van der Waals surface area contributed by atoms with Crippen molar-refractivity contribution in [1.29, 1.82) is 0 Å². The first-order valence-electron chi connectivity index (χ1n) is 5.46. The Bertz CT molecular complexity index is 466. The fourth-order valence-electron chi connectivity index (χ4n) is 2.21. The summed E-state index contributed by atoms with van der Waals surface area (Å²) >= 11 is 0. The highest BCUT2D eigenvalue weighted by molar-refractivity contribution is 5.88. The van der Waals surface area contributed by atoms with E-state index < -0.39 is 11.6 Å². The minimum atomic E-state index is -1.33. The molecule has 0 saturated carbocycles. The molecule has 3 aliphatic rings. The molecule has 90 valence electrons. The molecule has 0 amide bonds. The molecule has 1 aromatic rings. The van der Waals surface area contributed by atoms with E-state index in [1.165, 1.54) is 0 Å². The summed E-state index contributed by atoms with van der Waals surface area (Å²) in [7, 11) is 0. The lowest BCUT2D eigenvalue weighted by Crippen LogP contribution is -2.64. The lowest BCUT2D eigenvalue weighted by molar-refractivity contribution is -0.141. The van der Waals surface area contributed by atoms with Crippen LogP contribution in [0.15, 0.2) is 0 Å². The smallest absolute Gasteiger partial charge is 0.352 e. The molecule has 4 bridgehead atoms. The van der Waals surface area contributed by atoms with Crippen LogP contribution in [0, 0.1) is 0 Å². The molecule has 1 aromatic heterocycles. The van der Waals surface area contributed by atoms with Gasteiger partial charge in [0.1, 0.15) is 0 Å². The van der Waals surface area contributed by atoms with Crippen molar-refractivity contribution in [2.45, 2.75) is 31.5 Å². The predicted molar refractivity (Wildman–Crippen MR) is 59.8 cm³/mol. The number of carbonyl (C=O) groups is 1. The van der Waals surface area contributed by atoms with Gasteiger partial charge in [-0.1, -0.05) is 13.3 Å². The van der Waals surface area contributed by atoms with Crippen molar-refractivity contribution in [2.75, 3.05) is 16.0 Å². The van der Waals surface area contributed by atoms with Crippen molar-refractivity contribution in [2.24, 2.45) is 0 Å². The summed E-state index contributed by atoms with van der Waals surface area (Å²) < 4.78 is 0. The molecule has 0 aromatic carbocycles. The topological polar surface area (TPSA) is 112 Å². The average molecular weight is 236 g/mol. The van der Waals surface area contributed by atoms with Gasteiger partial charge in [-0.3, -0.25) is 0 Å². The molecular weight excluding hydrogens is 224 g/mol. The lowest BCUT2D eigenvalue weighted by Gasteiger charge is -2.37. The Morgan fingerprint density at radius 2 is 1.88 bits per heavy atom. The average Bonchev–Trinajstić information content (AvgIpc) is 2.42. The number of hydrogen-bond acceptors (Lipinski definition) is 7. The zero-order valence-electron chi connectivity index (χ0n) is 9.19. The number of anilines is 3. The van der Waals surface area contributed by atoms with Crippen LogP contribution in [0.4, 0.5) is 17.8 Å². The Morgan fingerprint density at radius 3 is 2.41 bits per heavy atom. The number of carboxylic acids is 1. The van der Waals surface area contributed by atoms with E-state index in [2.05, 4.69) is 30.9 Å². The third-order valence-corrected chi connectivity index (χ3v) is 2.99. The summed E-state index contributed by atoms with van der Waals surface area (Å²) in [5, 5.41) is 18.2. The molecule has 4 heterocycles. The van der Waals surface area contributed by atoms with E-state index in [9.17, 15) is 9.90 Å². The quantitative estimate of drug-likeness (QED) is 0.584. The van der Waals surface area contributed by atoms with Crippen LogP contribution in [0.25, 0.3) is 0 Å². The number of rotatable bonds is 3. The van der Waals surface area contributed by atoms with Crippen LogP contribution in [-0.2, 0) is 4.79 Å². The normalized spacial score (nSPS) is 27.9. The first-order valence-corrected chi connectivity index (χ1v) is 5.46. The summed E-state index contributed by atoms with van der Waals surface area (Å²) in [4.78, 5) is 23.7. The number of aliphatic carboxylic acids is 1. The number of nitrogens with one attached hydrogen (secondary N) is 3. The van der Waals surface area contributed by atoms with Gasteiger partial charge in [0.05, 0.1) is 6.04 Å². The lowest BCUT2D eigenvalue weighted by atomic mass is 9.95. The van der Waals surface area contributed by atoms with Crippen molar-refractivity contribution in [1.82, 2.24) is 15.0 Å². The van der Waals surface area contributed by atoms with Gasteiger partial charge in [-0.2, -0.15) is 15.0 Å². The maximum absolute atomic E-state index is 11.6. The molecule has 3 aliphatic heterocycles. The second-order valence-electron chi connectivity index (χ2n) is 4.15. The molecule has 8 nitrogen and oxygen atoms in total. The monoisotopic (exact) mass is 236 g/mol. The van der Waals surface area contributed by atoms with Gasteiger partial charge in [0.2, 0.25) is 23.5 Å². The van der Waals surface area contributed by atoms with E-state index in [-0.39, 0.29) is 17.9 Å². The molecule has 17 heavy (non-hydrogen) atoms. The molecular formula is C9H12N6O2. The summed E-state index contributed by atoms with van der Waals surface area (Å²) in [6.45, 7) is 2.00. The van der Waals surface area contributed by atoms with Crippen LogP contribution in [0.3, 0.4) is 0 Å². The van der Waals surface area contributed by atoms with E-state index in [0.717, 1.165) is 6.42 Å². The van der Waals surface area contributed by atoms with E-state index >= 15 is 0 Å². The highest BCUT2D eigenvalue weighted by atomic mass is 16.4. The van der Waals surface area contributed by atoms with Crippen molar-refractivity contribution in [3.8, 4) is 0 Å². The Labute approximate surface area is 96.9 Å². The van der Waals surface area contributed by atoms with Crippen LogP contribution < -0.4 is 16.0 Å². The van der Waals surface area contributed by atoms with Crippen molar-refractivity contribution in [3.05, 3.63) is 0 Å². The number of carboxylic acid groups (broad SMARTS) is 1. The Hall–Kier alpha value is -2.12. The van der Waals surface area contributed by atoms with Crippen LogP contribution >= 0.6 is 0 Å². The maximum Gasteiger partial charge on any atom is 0.352 e. The van der Waals surface area contributed by atoms with Crippen LogP contribution in [0.2, 0.25) is 0 Å². The molecule has 0 saturated heterocycles. The molecule has 0 fully saturated rings. The second-order valence-corrected chi connectivity index (χ2v) is 4.15. The van der Waals surface area contributed by atoms with Gasteiger partial charge in [0, 0.05) is 0 Å². The first-order chi connectivity index (χ1) is 8.14. The number of nitrogens with zero attached hydrogens (tertiary/aromatic N) is 3. The second kappa shape index (κ2) is 3.19. The molecule has 1 atom stereocenters. The highest BCUT2D eigenvalue weighted by Gasteiger charge is 2.51. The van der Waals surface area contributed by atoms with Crippen LogP contribution in [0.1, 0.15) is 19.8 Å². The maximum atomic E-state index is 11.6. The third kappa shape index (κ3) is 1.30. The SMILES string of the molecule is CCCC1Nc2nc3nc(n2)NC1(C(=O)O)N3. The van der Waals surface area contributed by atoms with Gasteiger partial charge in [-0.25, -0.2) is 4.79 Å². The van der Waals surface area contributed by atoms with Crippen molar-refractivity contribution in [3.63, 3.8) is 0 Å². The standard InChI is InChI=1S/C9H12N6O2/c1-2-3-4-9(5(16)17)14-7-11-6(10-4)12-8(13-7)15-9/h4H,2-3H2,1H3,(H,16,17)(H3,10,11,12,13,14,15). The van der Waals surface area contributed by atoms with Crippen molar-refractivity contribution >= 4 is 23.8 Å². The van der Waals surface area contributed by atoms with E-state index in [1.807, 2.05) is 6.92 Å². The minimum absolute atomic E-state index is 0.289. The summed E-state index contributed by atoms with van der Waals surface area (Å²) in [6.07, 6.45) is 1.53. The summed E-state index contributed by atoms with van der Waals surface area (Å²) in [5.41, 5.74) is -1.33. The highest BCUT2D eigenvalue weighted by Crippen LogP contribution is 2.32. The van der Waals surface area contributed by atoms with E-state index in [1.54, 1.807) is 0 Å². The third-order valence-electron chi connectivity index (χ3n) is 2.99. The molecule has 0 spiro atoms. The zero-order valence-corrected chi connectivity index (χ0v) is 9.19. The van der Waals surface area contributed by atoms with Gasteiger partial charge in [0.15, 0.2) is 0 Å². The number of hydrogen-bond donors (Lipinski definition) is 4. The molecule has 0 radical (unpaired) electrons. The summed E-state index contributed by atoms with van der Waals surface area (Å²) in [6, 6.07) is -0.335. The first kappa shape index (κ1) is 10.1. The predicted octanol–water partition coefficient (Wildman–Crippen LogP) is 0.0841. The van der Waals surface area contributed by atoms with Crippen LogP contribution in [0.5, 0.6) is 0 Å². The van der Waals surface area contributed by atoms with Gasteiger partial charge >= 0.3 is 5.97 Å². The molecule has 0 aliphatic carbocycles. The van der Waals surface area contributed by atoms with E-state index in [4.69, 9.17) is 0 Å². The number of fused-ring (bicyclic) bond motifs is 1. The zero-order chi connectivity index (χ0) is 12.0. The van der Waals surface area contributed by atoms with Gasteiger partial charge in [-0.05, 0) is 6.42 Å². The fraction of sp³-hybridized carbons (Fsp3) is 0.556. The van der Waals surface area contributed by atoms with Gasteiger partial charge in [0.25, 0.3) is 0 Å². The van der Waals surface area contributed by atoms with Gasteiger partial charge < -0.3 is 21.1 Å². The number of aromatic nitrogens is 3. The Kier molecular flexibility index (Phi) is 1.89. The fourth-order valence-corrected chi connectivity index (χ4v) is 2.21. The molecule has 4 N–H and O–H groups in total. The largest absolute Gasteiger partial charge is 0.478 e.